The van der Waals surface area contributed by atoms with E-state index in [9.17, 15) is 4.79 Å². The lowest BCUT2D eigenvalue weighted by Gasteiger charge is -2.19. The topological polar surface area (TPSA) is 75.5 Å². The number of rotatable bonds is 5. The van der Waals surface area contributed by atoms with Crippen LogP contribution in [0, 0.1) is 0 Å². The maximum absolute atomic E-state index is 12.1. The Morgan fingerprint density at radius 1 is 1.19 bits per heavy atom. The van der Waals surface area contributed by atoms with Gasteiger partial charge in [0, 0.05) is 0 Å². The number of ether oxygens (including phenoxy) is 1. The lowest BCUT2D eigenvalue weighted by Crippen LogP contribution is -2.34. The summed E-state index contributed by atoms with van der Waals surface area (Å²) in [5.41, 5.74) is 0.872. The Morgan fingerprint density at radius 3 is 2.57 bits per heavy atom. The highest BCUT2D eigenvalue weighted by Gasteiger charge is 2.18. The highest BCUT2D eigenvalue weighted by molar-refractivity contribution is 6.29. The molecule has 1 aromatic heterocycles. The van der Waals surface area contributed by atoms with Gasteiger partial charge in [-0.25, -0.2) is 4.79 Å². The summed E-state index contributed by atoms with van der Waals surface area (Å²) < 4.78 is 5.20. The molecule has 0 bridgehead atoms. The van der Waals surface area contributed by atoms with E-state index in [4.69, 9.17) is 21.4 Å². The molecule has 0 radical (unpaired) electrons. The normalized spacial score (nSPS) is 10.2. The van der Waals surface area contributed by atoms with Gasteiger partial charge < -0.3 is 9.84 Å². The van der Waals surface area contributed by atoms with Crippen molar-refractivity contribution in [2.75, 3.05) is 18.1 Å². The fraction of sp³-hybridized carbons (Fsp3) is 0.214. The monoisotopic (exact) mass is 307 g/mol. The zero-order valence-corrected chi connectivity index (χ0v) is 11.9. The molecular formula is C14H14ClN3O3. The zero-order chi connectivity index (χ0) is 15.1. The van der Waals surface area contributed by atoms with E-state index in [0.29, 0.717) is 0 Å². The molecule has 0 aliphatic carbocycles. The van der Waals surface area contributed by atoms with Crippen molar-refractivity contribution in [2.24, 2.45) is 0 Å². The highest BCUT2D eigenvalue weighted by Crippen LogP contribution is 2.13. The van der Waals surface area contributed by atoms with Crippen molar-refractivity contribution in [3.8, 4) is 0 Å². The largest absolute Gasteiger partial charge is 0.444 e. The van der Waals surface area contributed by atoms with E-state index >= 15 is 0 Å². The molecule has 0 unspecified atom stereocenters. The number of hydrogen-bond acceptors (Lipinski definition) is 5. The van der Waals surface area contributed by atoms with E-state index in [-0.39, 0.29) is 30.7 Å². The van der Waals surface area contributed by atoms with Crippen LogP contribution in [0.2, 0.25) is 5.15 Å². The summed E-state index contributed by atoms with van der Waals surface area (Å²) in [7, 11) is 0. The molecule has 0 aliphatic heterocycles. The van der Waals surface area contributed by atoms with Gasteiger partial charge in [0.1, 0.15) is 6.61 Å². The third kappa shape index (κ3) is 4.40. The summed E-state index contributed by atoms with van der Waals surface area (Å²) in [6.07, 6.45) is -0.607. The molecule has 6 nitrogen and oxygen atoms in total. The number of aliphatic hydroxyl groups is 1. The quantitative estimate of drug-likeness (QED) is 0.917. The minimum atomic E-state index is -0.607. The van der Waals surface area contributed by atoms with Crippen molar-refractivity contribution in [2.45, 2.75) is 6.61 Å². The van der Waals surface area contributed by atoms with E-state index in [1.165, 1.54) is 17.0 Å². The predicted molar refractivity (Wildman–Crippen MR) is 78.1 cm³/mol. The van der Waals surface area contributed by atoms with Crippen LogP contribution in [-0.4, -0.2) is 34.5 Å². The molecule has 0 aliphatic rings. The van der Waals surface area contributed by atoms with Gasteiger partial charge in [0.15, 0.2) is 11.0 Å². The summed E-state index contributed by atoms with van der Waals surface area (Å²) in [6, 6.07) is 12.4. The molecule has 1 heterocycles. The first-order valence-corrected chi connectivity index (χ1v) is 6.67. The highest BCUT2D eigenvalue weighted by atomic mass is 35.5. The number of hydrogen-bond donors (Lipinski definition) is 1. The molecule has 1 aromatic carbocycles. The van der Waals surface area contributed by atoms with Crippen LogP contribution in [0.15, 0.2) is 42.5 Å². The molecule has 1 amide bonds. The number of amides is 1. The van der Waals surface area contributed by atoms with Crippen molar-refractivity contribution in [3.63, 3.8) is 0 Å². The van der Waals surface area contributed by atoms with Crippen molar-refractivity contribution >= 4 is 23.5 Å². The van der Waals surface area contributed by atoms with Gasteiger partial charge in [0.05, 0.1) is 13.2 Å². The Bertz CT molecular complexity index is 578. The van der Waals surface area contributed by atoms with Crippen molar-refractivity contribution in [1.29, 1.82) is 0 Å². The lowest BCUT2D eigenvalue weighted by molar-refractivity contribution is 0.145. The number of benzene rings is 1. The molecule has 0 atom stereocenters. The van der Waals surface area contributed by atoms with Crippen LogP contribution in [0.25, 0.3) is 0 Å². The first-order chi connectivity index (χ1) is 10.2. The number of nitrogens with zero attached hydrogens (tertiary/aromatic N) is 3. The smallest absolute Gasteiger partial charge is 0.415 e. The number of anilines is 1. The van der Waals surface area contributed by atoms with Gasteiger partial charge in [0.2, 0.25) is 0 Å². The van der Waals surface area contributed by atoms with Crippen molar-refractivity contribution in [1.82, 2.24) is 10.2 Å². The van der Waals surface area contributed by atoms with Crippen molar-refractivity contribution in [3.05, 3.63) is 53.2 Å². The van der Waals surface area contributed by atoms with Crippen LogP contribution in [0.1, 0.15) is 5.56 Å². The summed E-state index contributed by atoms with van der Waals surface area (Å²) in [5, 5.41) is 16.8. The Labute approximate surface area is 126 Å². The number of aliphatic hydroxyl groups excluding tert-OH is 1. The van der Waals surface area contributed by atoms with E-state index in [1.54, 1.807) is 0 Å². The Kier molecular flexibility index (Phi) is 5.48. The number of aromatic nitrogens is 2. The van der Waals surface area contributed by atoms with Gasteiger partial charge in [-0.15, -0.1) is 10.2 Å². The fourth-order valence-electron chi connectivity index (χ4n) is 1.65. The van der Waals surface area contributed by atoms with Crippen LogP contribution in [-0.2, 0) is 11.3 Å². The lowest BCUT2D eigenvalue weighted by atomic mass is 10.2. The molecule has 0 spiro atoms. The minimum Gasteiger partial charge on any atom is -0.444 e. The Morgan fingerprint density at radius 2 is 1.95 bits per heavy atom. The number of carbonyl (C=O) groups is 1. The molecule has 2 aromatic rings. The molecule has 7 heteroatoms. The second-order valence-electron chi connectivity index (χ2n) is 4.13. The Balaban J connectivity index is 2.03. The second kappa shape index (κ2) is 7.56. The van der Waals surface area contributed by atoms with Gasteiger partial charge in [-0.05, 0) is 17.7 Å². The standard InChI is InChI=1S/C14H14ClN3O3/c15-12-6-7-13(17-16-12)18(8-9-19)14(20)21-10-11-4-2-1-3-5-11/h1-7,19H,8-10H2. The van der Waals surface area contributed by atoms with Gasteiger partial charge in [-0.2, -0.15) is 0 Å². The summed E-state index contributed by atoms with van der Waals surface area (Å²) >= 11 is 5.66. The third-order valence-corrected chi connectivity index (χ3v) is 2.85. The SMILES string of the molecule is O=C(OCc1ccccc1)N(CCO)c1ccc(Cl)nn1. The fourth-order valence-corrected chi connectivity index (χ4v) is 1.75. The van der Waals surface area contributed by atoms with Crippen LogP contribution in [0.3, 0.4) is 0 Å². The maximum atomic E-state index is 12.1. The molecule has 0 saturated heterocycles. The molecule has 21 heavy (non-hydrogen) atoms. The van der Waals surface area contributed by atoms with Crippen LogP contribution in [0.4, 0.5) is 10.6 Å². The average Bonchev–Trinajstić information content (AvgIpc) is 2.52. The van der Waals surface area contributed by atoms with Crippen molar-refractivity contribution < 1.29 is 14.6 Å². The molecular weight excluding hydrogens is 294 g/mol. The molecule has 1 N–H and O–H groups in total. The van der Waals surface area contributed by atoms with Gasteiger partial charge in [0.25, 0.3) is 0 Å². The van der Waals surface area contributed by atoms with E-state index in [1.807, 2.05) is 30.3 Å². The summed E-state index contributed by atoms with van der Waals surface area (Å²) in [4.78, 5) is 13.3. The van der Waals surface area contributed by atoms with E-state index in [2.05, 4.69) is 10.2 Å². The van der Waals surface area contributed by atoms with Crippen LogP contribution < -0.4 is 4.90 Å². The van der Waals surface area contributed by atoms with Gasteiger partial charge >= 0.3 is 6.09 Å². The van der Waals surface area contributed by atoms with Crippen LogP contribution >= 0.6 is 11.6 Å². The third-order valence-electron chi connectivity index (χ3n) is 2.64. The van der Waals surface area contributed by atoms with Gasteiger partial charge in [-0.3, -0.25) is 4.90 Å². The maximum Gasteiger partial charge on any atom is 0.415 e. The number of carbonyl (C=O) groups excluding carboxylic acids is 1. The molecule has 2 rings (SSSR count). The Hall–Kier alpha value is -2.18. The zero-order valence-electron chi connectivity index (χ0n) is 11.1. The average molecular weight is 308 g/mol. The number of halogens is 1. The van der Waals surface area contributed by atoms with E-state index in [0.717, 1.165) is 5.56 Å². The molecule has 0 saturated carbocycles. The summed E-state index contributed by atoms with van der Waals surface area (Å²) in [6.45, 7) is -0.0166. The summed E-state index contributed by atoms with van der Waals surface area (Å²) in [5.74, 6) is 0.270. The van der Waals surface area contributed by atoms with Crippen LogP contribution in [0.5, 0.6) is 0 Å². The first-order valence-electron chi connectivity index (χ1n) is 6.29. The molecule has 110 valence electrons. The first kappa shape index (κ1) is 15.2. The second-order valence-corrected chi connectivity index (χ2v) is 4.52. The molecule has 0 fully saturated rings. The minimum absolute atomic E-state index is 0.0595. The van der Waals surface area contributed by atoms with E-state index < -0.39 is 6.09 Å². The predicted octanol–water partition coefficient (Wildman–Crippen LogP) is 2.27. The van der Waals surface area contributed by atoms with Gasteiger partial charge in [-0.1, -0.05) is 41.9 Å².